The van der Waals surface area contributed by atoms with Crippen molar-refractivity contribution in [1.29, 1.82) is 0 Å². The van der Waals surface area contributed by atoms with Crippen LogP contribution >= 0.6 is 11.6 Å². The molecule has 0 bridgehead atoms. The lowest BCUT2D eigenvalue weighted by molar-refractivity contribution is -0.174. The molecule has 1 unspecified atom stereocenters. The van der Waals surface area contributed by atoms with Gasteiger partial charge in [-0.2, -0.15) is 13.2 Å². The molecule has 0 aromatic carbocycles. The molecule has 1 N–H and O–H groups in total. The minimum absolute atomic E-state index is 0.00753. The van der Waals surface area contributed by atoms with Crippen LogP contribution in [0, 0.1) is 0 Å². The maximum absolute atomic E-state index is 11.9. The highest BCUT2D eigenvalue weighted by molar-refractivity contribution is 6.31. The maximum atomic E-state index is 11.9. The fourth-order valence-electron chi connectivity index (χ4n) is 1.60. The lowest BCUT2D eigenvalue weighted by Crippen LogP contribution is -2.30. The van der Waals surface area contributed by atoms with Gasteiger partial charge in [0.25, 0.3) is 0 Å². The molecule has 0 amide bonds. The minimum atomic E-state index is -4.27. The van der Waals surface area contributed by atoms with Gasteiger partial charge in [-0.25, -0.2) is 0 Å². The number of nitrogens with one attached hydrogen (secondary N) is 1. The summed E-state index contributed by atoms with van der Waals surface area (Å²) in [7, 11) is 1.75. The van der Waals surface area contributed by atoms with Crippen molar-refractivity contribution in [2.24, 2.45) is 0 Å². The summed E-state index contributed by atoms with van der Waals surface area (Å²) in [6.07, 6.45) is -0.000141. The molecule has 1 heterocycles. The number of aromatic nitrogens is 1. The quantitative estimate of drug-likeness (QED) is 0.786. The number of likely N-dealkylation sites (N-methyl/N-ethyl adjacent to an activating group) is 1. The molecule has 1 aromatic heterocycles. The maximum Gasteiger partial charge on any atom is 0.411 e. The minimum Gasteiger partial charge on any atom is -0.372 e. The van der Waals surface area contributed by atoms with Crippen LogP contribution in [0.5, 0.6) is 0 Å². The zero-order valence-electron chi connectivity index (χ0n) is 10.5. The second-order valence-electron chi connectivity index (χ2n) is 4.11. The van der Waals surface area contributed by atoms with E-state index < -0.39 is 12.8 Å². The second kappa shape index (κ2) is 7.67. The summed E-state index contributed by atoms with van der Waals surface area (Å²) in [4.78, 5) is 3.88. The smallest absolute Gasteiger partial charge is 0.372 e. The molecular formula is C12H16ClF3N2O. The van der Waals surface area contributed by atoms with Crippen molar-refractivity contribution >= 4 is 11.6 Å². The summed E-state index contributed by atoms with van der Waals surface area (Å²) in [6, 6.07) is 1.80. The zero-order valence-corrected chi connectivity index (χ0v) is 11.3. The lowest BCUT2D eigenvalue weighted by Gasteiger charge is -2.17. The normalized spacial score (nSPS) is 13.5. The Morgan fingerprint density at radius 2 is 2.21 bits per heavy atom. The third kappa shape index (κ3) is 6.75. The highest BCUT2D eigenvalue weighted by atomic mass is 35.5. The van der Waals surface area contributed by atoms with Gasteiger partial charge in [0.2, 0.25) is 0 Å². The van der Waals surface area contributed by atoms with Gasteiger partial charge >= 0.3 is 6.18 Å². The van der Waals surface area contributed by atoms with Gasteiger partial charge in [-0.3, -0.25) is 4.98 Å². The van der Waals surface area contributed by atoms with Gasteiger partial charge in [-0.1, -0.05) is 11.6 Å². The summed E-state index contributed by atoms with van der Waals surface area (Å²) >= 11 is 5.98. The molecule has 0 aliphatic carbocycles. The molecule has 3 nitrogen and oxygen atoms in total. The zero-order chi connectivity index (χ0) is 14.3. The van der Waals surface area contributed by atoms with Gasteiger partial charge in [-0.05, 0) is 31.5 Å². The molecule has 0 aliphatic rings. The van der Waals surface area contributed by atoms with Crippen LogP contribution in [0.3, 0.4) is 0 Å². The first kappa shape index (κ1) is 16.2. The Hall–Kier alpha value is -0.850. The first-order valence-corrected chi connectivity index (χ1v) is 6.20. The van der Waals surface area contributed by atoms with Gasteiger partial charge in [0.05, 0.1) is 5.02 Å². The van der Waals surface area contributed by atoms with Crippen molar-refractivity contribution in [1.82, 2.24) is 10.3 Å². The first-order chi connectivity index (χ1) is 8.92. The van der Waals surface area contributed by atoms with E-state index >= 15 is 0 Å². The van der Waals surface area contributed by atoms with Crippen LogP contribution < -0.4 is 5.32 Å². The van der Waals surface area contributed by atoms with Crippen molar-refractivity contribution in [3.8, 4) is 0 Å². The van der Waals surface area contributed by atoms with E-state index in [2.05, 4.69) is 15.0 Å². The molecule has 108 valence electrons. The molecule has 0 radical (unpaired) electrons. The summed E-state index contributed by atoms with van der Waals surface area (Å²) in [6.45, 7) is -1.16. The number of rotatable bonds is 7. The standard InChI is InChI=1S/C12H16ClF3N2O/c1-17-10(3-5-19-8-12(14,15)16)6-9-2-4-18-7-11(9)13/h2,4,7,10,17H,3,5-6,8H2,1H3. The van der Waals surface area contributed by atoms with E-state index in [1.54, 1.807) is 25.5 Å². The van der Waals surface area contributed by atoms with Gasteiger partial charge in [0.1, 0.15) is 6.61 Å². The number of nitrogens with zero attached hydrogens (tertiary/aromatic N) is 1. The Balaban J connectivity index is 2.36. The van der Waals surface area contributed by atoms with E-state index in [9.17, 15) is 13.2 Å². The number of alkyl halides is 3. The highest BCUT2D eigenvalue weighted by Crippen LogP contribution is 2.17. The molecule has 0 fully saturated rings. The Morgan fingerprint density at radius 1 is 1.47 bits per heavy atom. The fourth-order valence-corrected chi connectivity index (χ4v) is 1.79. The average molecular weight is 297 g/mol. The van der Waals surface area contributed by atoms with Crippen molar-refractivity contribution in [2.45, 2.75) is 25.1 Å². The Morgan fingerprint density at radius 3 is 2.79 bits per heavy atom. The van der Waals surface area contributed by atoms with E-state index in [0.29, 0.717) is 17.9 Å². The van der Waals surface area contributed by atoms with Crippen LogP contribution in [0.25, 0.3) is 0 Å². The Bertz CT molecular complexity index is 387. The van der Waals surface area contributed by atoms with Gasteiger partial charge < -0.3 is 10.1 Å². The van der Waals surface area contributed by atoms with Crippen molar-refractivity contribution in [3.05, 3.63) is 29.0 Å². The number of pyridine rings is 1. The molecule has 0 spiro atoms. The van der Waals surface area contributed by atoms with Crippen molar-refractivity contribution < 1.29 is 17.9 Å². The molecule has 1 rings (SSSR count). The van der Waals surface area contributed by atoms with E-state index in [4.69, 9.17) is 11.6 Å². The van der Waals surface area contributed by atoms with Crippen molar-refractivity contribution in [3.63, 3.8) is 0 Å². The van der Waals surface area contributed by atoms with Crippen LogP contribution in [-0.2, 0) is 11.2 Å². The van der Waals surface area contributed by atoms with Crippen molar-refractivity contribution in [2.75, 3.05) is 20.3 Å². The Labute approximate surface area is 115 Å². The molecule has 1 aromatic rings. The number of ether oxygens (including phenoxy) is 1. The second-order valence-corrected chi connectivity index (χ2v) is 4.52. The predicted molar refractivity (Wildman–Crippen MR) is 67.3 cm³/mol. The lowest BCUT2D eigenvalue weighted by atomic mass is 10.1. The molecule has 7 heteroatoms. The topological polar surface area (TPSA) is 34.1 Å². The predicted octanol–water partition coefficient (Wildman–Crippen LogP) is 2.83. The van der Waals surface area contributed by atoms with E-state index in [1.165, 1.54) is 0 Å². The van der Waals surface area contributed by atoms with Gasteiger partial charge in [0.15, 0.2) is 0 Å². The van der Waals surface area contributed by atoms with Gasteiger partial charge in [0, 0.05) is 25.0 Å². The van der Waals surface area contributed by atoms with Crippen LogP contribution in [0.4, 0.5) is 13.2 Å². The number of hydrogen-bond acceptors (Lipinski definition) is 3. The largest absolute Gasteiger partial charge is 0.411 e. The molecule has 0 saturated carbocycles. The van der Waals surface area contributed by atoms with Crippen LogP contribution in [0.15, 0.2) is 18.5 Å². The van der Waals surface area contributed by atoms with Gasteiger partial charge in [-0.15, -0.1) is 0 Å². The Kier molecular flexibility index (Phi) is 6.54. The van der Waals surface area contributed by atoms with E-state index in [1.807, 2.05) is 0 Å². The molecule has 0 saturated heterocycles. The summed E-state index contributed by atoms with van der Waals surface area (Å²) in [5.41, 5.74) is 0.909. The molecular weight excluding hydrogens is 281 g/mol. The number of hydrogen-bond donors (Lipinski definition) is 1. The van der Waals surface area contributed by atoms with Crippen LogP contribution in [0.2, 0.25) is 5.02 Å². The average Bonchev–Trinajstić information content (AvgIpc) is 2.34. The highest BCUT2D eigenvalue weighted by Gasteiger charge is 2.27. The third-order valence-electron chi connectivity index (χ3n) is 2.61. The van der Waals surface area contributed by atoms with Crippen LogP contribution in [0.1, 0.15) is 12.0 Å². The monoisotopic (exact) mass is 296 g/mol. The fraction of sp³-hybridized carbons (Fsp3) is 0.583. The van der Waals surface area contributed by atoms with E-state index in [-0.39, 0.29) is 12.6 Å². The SMILES string of the molecule is CNC(CCOCC(F)(F)F)Cc1ccncc1Cl. The summed E-state index contributed by atoms with van der Waals surface area (Å²) in [5, 5.41) is 3.59. The van der Waals surface area contributed by atoms with Crippen LogP contribution in [-0.4, -0.2) is 37.5 Å². The molecule has 19 heavy (non-hydrogen) atoms. The first-order valence-electron chi connectivity index (χ1n) is 5.82. The third-order valence-corrected chi connectivity index (χ3v) is 2.95. The summed E-state index contributed by atoms with van der Waals surface area (Å²) in [5.74, 6) is 0. The molecule has 1 atom stereocenters. The number of halogens is 4. The summed E-state index contributed by atoms with van der Waals surface area (Å²) < 4.78 is 40.3. The molecule has 0 aliphatic heterocycles. The van der Waals surface area contributed by atoms with E-state index in [0.717, 1.165) is 5.56 Å².